The van der Waals surface area contributed by atoms with Crippen molar-refractivity contribution >= 4 is 23.6 Å². The normalized spacial score (nSPS) is 10.8. The Balaban J connectivity index is 2.94. The maximum Gasteiger partial charge on any atom is 0.221 e. The van der Waals surface area contributed by atoms with Gasteiger partial charge in [-0.3, -0.25) is 4.79 Å². The molecule has 1 aromatic carbocycles. The highest BCUT2D eigenvalue weighted by Crippen LogP contribution is 2.27. The summed E-state index contributed by atoms with van der Waals surface area (Å²) in [5, 5.41) is 10.2. The highest BCUT2D eigenvalue weighted by molar-refractivity contribution is 6.30. The SMILES string of the molecule is Cc1cc(Cl)cc(C=CCC(N)=O)c1O. The monoisotopic (exact) mass is 225 g/mol. The number of aromatic hydroxyl groups is 1. The van der Waals surface area contributed by atoms with Gasteiger partial charge < -0.3 is 10.8 Å². The predicted molar refractivity (Wildman–Crippen MR) is 60.7 cm³/mol. The molecule has 0 bridgehead atoms. The number of amides is 1. The summed E-state index contributed by atoms with van der Waals surface area (Å²) in [7, 11) is 0. The number of primary amides is 1. The minimum absolute atomic E-state index is 0.144. The second-order valence-corrected chi connectivity index (χ2v) is 3.67. The molecule has 1 amide bonds. The molecule has 15 heavy (non-hydrogen) atoms. The smallest absolute Gasteiger partial charge is 0.221 e. The highest BCUT2D eigenvalue weighted by Gasteiger charge is 2.03. The van der Waals surface area contributed by atoms with Crippen LogP contribution in [0.4, 0.5) is 0 Å². The number of halogens is 1. The number of carbonyl (C=O) groups excluding carboxylic acids is 1. The van der Waals surface area contributed by atoms with Gasteiger partial charge in [-0.15, -0.1) is 0 Å². The van der Waals surface area contributed by atoms with Gasteiger partial charge in [-0.05, 0) is 24.6 Å². The molecule has 4 heteroatoms. The van der Waals surface area contributed by atoms with E-state index in [1.54, 1.807) is 31.2 Å². The van der Waals surface area contributed by atoms with Crippen molar-refractivity contribution in [3.63, 3.8) is 0 Å². The first-order valence-electron chi connectivity index (χ1n) is 4.44. The van der Waals surface area contributed by atoms with Gasteiger partial charge >= 0.3 is 0 Å². The fourth-order valence-corrected chi connectivity index (χ4v) is 1.47. The average molecular weight is 226 g/mol. The number of carbonyl (C=O) groups is 1. The van der Waals surface area contributed by atoms with E-state index in [-0.39, 0.29) is 12.2 Å². The number of nitrogens with two attached hydrogens (primary N) is 1. The number of benzene rings is 1. The fourth-order valence-electron chi connectivity index (χ4n) is 1.19. The third-order valence-electron chi connectivity index (χ3n) is 1.91. The van der Waals surface area contributed by atoms with Crippen LogP contribution in [-0.2, 0) is 4.79 Å². The molecule has 0 aliphatic heterocycles. The van der Waals surface area contributed by atoms with E-state index >= 15 is 0 Å². The first-order valence-corrected chi connectivity index (χ1v) is 4.82. The number of hydrogen-bond acceptors (Lipinski definition) is 2. The number of phenols is 1. The molecule has 3 N–H and O–H groups in total. The quantitative estimate of drug-likeness (QED) is 0.829. The first-order chi connectivity index (χ1) is 7.00. The van der Waals surface area contributed by atoms with Crippen LogP contribution in [0.5, 0.6) is 5.75 Å². The molecule has 1 aromatic rings. The van der Waals surface area contributed by atoms with Crippen molar-refractivity contribution in [3.05, 3.63) is 34.4 Å². The van der Waals surface area contributed by atoms with Crippen molar-refractivity contribution in [1.82, 2.24) is 0 Å². The molecule has 0 aliphatic carbocycles. The minimum atomic E-state index is -0.413. The molecule has 80 valence electrons. The van der Waals surface area contributed by atoms with Gasteiger partial charge in [0.05, 0.1) is 0 Å². The molecule has 0 saturated carbocycles. The van der Waals surface area contributed by atoms with Crippen LogP contribution in [0.15, 0.2) is 18.2 Å². The summed E-state index contributed by atoms with van der Waals surface area (Å²) in [6, 6.07) is 3.30. The molecule has 3 nitrogen and oxygen atoms in total. The summed E-state index contributed by atoms with van der Waals surface area (Å²) in [5.41, 5.74) is 6.26. The van der Waals surface area contributed by atoms with E-state index in [9.17, 15) is 9.90 Å². The van der Waals surface area contributed by atoms with Crippen molar-refractivity contribution in [1.29, 1.82) is 0 Å². The fraction of sp³-hybridized carbons (Fsp3) is 0.182. The molecule has 0 aliphatic rings. The van der Waals surface area contributed by atoms with E-state index in [1.165, 1.54) is 0 Å². The molecule has 0 atom stereocenters. The maximum absolute atomic E-state index is 10.5. The standard InChI is InChI=1S/C11H12ClNO2/c1-7-5-9(12)6-8(11(7)15)3-2-4-10(13)14/h2-3,5-6,15H,4H2,1H3,(H2,13,14). The number of phenolic OH excluding ortho intramolecular Hbond substituents is 1. The Hall–Kier alpha value is -1.48. The van der Waals surface area contributed by atoms with Gasteiger partial charge in [-0.25, -0.2) is 0 Å². The van der Waals surface area contributed by atoms with Gasteiger partial charge in [0.15, 0.2) is 0 Å². The zero-order chi connectivity index (χ0) is 11.4. The summed E-state index contributed by atoms with van der Waals surface area (Å²) in [6.45, 7) is 1.76. The van der Waals surface area contributed by atoms with E-state index in [0.29, 0.717) is 16.1 Å². The van der Waals surface area contributed by atoms with E-state index in [4.69, 9.17) is 17.3 Å². The van der Waals surface area contributed by atoms with Crippen molar-refractivity contribution in [2.45, 2.75) is 13.3 Å². The van der Waals surface area contributed by atoms with E-state index in [2.05, 4.69) is 0 Å². The second kappa shape index (κ2) is 4.84. The third kappa shape index (κ3) is 3.29. The Labute approximate surface area is 93.2 Å². The summed E-state index contributed by atoms with van der Waals surface area (Å²) in [6.07, 6.45) is 3.36. The lowest BCUT2D eigenvalue weighted by Crippen LogP contribution is -2.07. The summed E-state index contributed by atoms with van der Waals surface area (Å²) >= 11 is 5.83. The molecule has 0 radical (unpaired) electrons. The van der Waals surface area contributed by atoms with Gasteiger partial charge in [0.2, 0.25) is 5.91 Å². The topological polar surface area (TPSA) is 63.3 Å². The van der Waals surface area contributed by atoms with Crippen LogP contribution in [0.3, 0.4) is 0 Å². The lowest BCUT2D eigenvalue weighted by molar-refractivity contribution is -0.117. The van der Waals surface area contributed by atoms with Crippen LogP contribution in [0, 0.1) is 6.92 Å². The van der Waals surface area contributed by atoms with Crippen LogP contribution in [0.25, 0.3) is 6.08 Å². The van der Waals surface area contributed by atoms with E-state index < -0.39 is 5.91 Å². The molecule has 0 fully saturated rings. The molecule has 1 rings (SSSR count). The molecular weight excluding hydrogens is 214 g/mol. The van der Waals surface area contributed by atoms with Gasteiger partial charge in [0.1, 0.15) is 5.75 Å². The van der Waals surface area contributed by atoms with Crippen LogP contribution < -0.4 is 5.73 Å². The van der Waals surface area contributed by atoms with Crippen LogP contribution in [0.1, 0.15) is 17.5 Å². The Bertz CT molecular complexity index is 413. The highest BCUT2D eigenvalue weighted by atomic mass is 35.5. The summed E-state index contributed by atoms with van der Waals surface area (Å²) < 4.78 is 0. The average Bonchev–Trinajstić information content (AvgIpc) is 2.12. The third-order valence-corrected chi connectivity index (χ3v) is 2.13. The van der Waals surface area contributed by atoms with E-state index in [0.717, 1.165) is 0 Å². The van der Waals surface area contributed by atoms with Crippen molar-refractivity contribution in [2.24, 2.45) is 5.73 Å². The summed E-state index contributed by atoms with van der Waals surface area (Å²) in [4.78, 5) is 10.5. The number of hydrogen-bond donors (Lipinski definition) is 2. The van der Waals surface area contributed by atoms with Gasteiger partial charge in [0, 0.05) is 17.0 Å². The van der Waals surface area contributed by atoms with Gasteiger partial charge in [-0.1, -0.05) is 23.8 Å². The lowest BCUT2D eigenvalue weighted by Gasteiger charge is -2.03. The van der Waals surface area contributed by atoms with Crippen molar-refractivity contribution in [2.75, 3.05) is 0 Å². The number of rotatable bonds is 3. The number of aryl methyl sites for hydroxylation is 1. The molecule has 0 unspecified atom stereocenters. The Kier molecular flexibility index (Phi) is 3.74. The van der Waals surface area contributed by atoms with Crippen LogP contribution in [0.2, 0.25) is 5.02 Å². The van der Waals surface area contributed by atoms with Gasteiger partial charge in [0.25, 0.3) is 0 Å². The Morgan fingerprint density at radius 1 is 1.60 bits per heavy atom. The maximum atomic E-state index is 10.5. The first kappa shape index (κ1) is 11.6. The van der Waals surface area contributed by atoms with Gasteiger partial charge in [-0.2, -0.15) is 0 Å². The second-order valence-electron chi connectivity index (χ2n) is 3.23. The lowest BCUT2D eigenvalue weighted by atomic mass is 10.1. The molecule has 0 saturated heterocycles. The largest absolute Gasteiger partial charge is 0.507 e. The molecule has 0 heterocycles. The van der Waals surface area contributed by atoms with Crippen LogP contribution in [-0.4, -0.2) is 11.0 Å². The van der Waals surface area contributed by atoms with Crippen LogP contribution >= 0.6 is 11.6 Å². The Morgan fingerprint density at radius 2 is 2.27 bits per heavy atom. The Morgan fingerprint density at radius 3 is 2.87 bits per heavy atom. The predicted octanol–water partition coefficient (Wildman–Crippen LogP) is 2.24. The molecule has 0 aromatic heterocycles. The zero-order valence-electron chi connectivity index (χ0n) is 8.33. The van der Waals surface area contributed by atoms with Crippen molar-refractivity contribution < 1.29 is 9.90 Å². The molecule has 0 spiro atoms. The minimum Gasteiger partial charge on any atom is -0.507 e. The zero-order valence-corrected chi connectivity index (χ0v) is 9.08. The van der Waals surface area contributed by atoms with Crippen molar-refractivity contribution in [3.8, 4) is 5.75 Å². The molecular formula is C11H12ClNO2. The summed E-state index contributed by atoms with van der Waals surface area (Å²) in [5.74, 6) is -0.246. The van der Waals surface area contributed by atoms with E-state index in [1.807, 2.05) is 0 Å².